The summed E-state index contributed by atoms with van der Waals surface area (Å²) in [7, 11) is 0. The molecule has 0 aromatic carbocycles. The maximum absolute atomic E-state index is 12.4. The molecule has 2 unspecified atom stereocenters. The van der Waals surface area contributed by atoms with Gasteiger partial charge in [0.2, 0.25) is 5.91 Å². The number of hydrogen-bond donors (Lipinski definition) is 2. The summed E-state index contributed by atoms with van der Waals surface area (Å²) in [5, 5.41) is 3.23. The van der Waals surface area contributed by atoms with Gasteiger partial charge in [0.25, 0.3) is 0 Å². The third-order valence-corrected chi connectivity index (χ3v) is 5.70. The molecule has 2 fully saturated rings. The molecular weight excluding hydrogens is 280 g/mol. The van der Waals surface area contributed by atoms with Gasteiger partial charge in [-0.25, -0.2) is 0 Å². The Hall–Kier alpha value is -0.640. The minimum Gasteiger partial charge on any atom is -0.393 e. The molecule has 0 heterocycles. The molecule has 3 nitrogen and oxygen atoms in total. The fourth-order valence-electron chi connectivity index (χ4n) is 3.98. The molecule has 0 bridgehead atoms. The summed E-state index contributed by atoms with van der Waals surface area (Å²) in [5.74, 6) is 1.53. The third-order valence-electron chi connectivity index (χ3n) is 5.39. The predicted octanol–water partition coefficient (Wildman–Crippen LogP) is 3.55. The highest BCUT2D eigenvalue weighted by atomic mass is 32.1. The highest BCUT2D eigenvalue weighted by Gasteiger charge is 2.33. The van der Waals surface area contributed by atoms with Gasteiger partial charge < -0.3 is 11.1 Å². The van der Waals surface area contributed by atoms with Gasteiger partial charge in [-0.2, -0.15) is 0 Å². The van der Waals surface area contributed by atoms with Crippen molar-refractivity contribution in [1.29, 1.82) is 0 Å². The van der Waals surface area contributed by atoms with Gasteiger partial charge >= 0.3 is 0 Å². The number of unbranched alkanes of at least 4 members (excludes halogenated alkanes) is 1. The van der Waals surface area contributed by atoms with Crippen LogP contribution in [-0.2, 0) is 4.79 Å². The molecule has 3 N–H and O–H groups in total. The number of amides is 1. The van der Waals surface area contributed by atoms with E-state index in [0.717, 1.165) is 38.0 Å². The van der Waals surface area contributed by atoms with E-state index in [4.69, 9.17) is 18.0 Å². The van der Waals surface area contributed by atoms with Gasteiger partial charge in [-0.05, 0) is 44.4 Å². The van der Waals surface area contributed by atoms with Crippen LogP contribution in [0.4, 0.5) is 0 Å². The molecule has 0 saturated heterocycles. The molecular formula is C17H30N2OS. The summed E-state index contributed by atoms with van der Waals surface area (Å²) < 4.78 is 0. The highest BCUT2D eigenvalue weighted by molar-refractivity contribution is 7.80. The van der Waals surface area contributed by atoms with E-state index in [0.29, 0.717) is 4.99 Å². The SMILES string of the molecule is CCCCC1CCC(C(=O)NC2CCCC2C(N)=S)CC1. The molecule has 0 aromatic heterocycles. The summed E-state index contributed by atoms with van der Waals surface area (Å²) in [4.78, 5) is 13.0. The number of carbonyl (C=O) groups is 1. The van der Waals surface area contributed by atoms with E-state index in [9.17, 15) is 4.79 Å². The predicted molar refractivity (Wildman–Crippen MR) is 91.0 cm³/mol. The molecule has 1 amide bonds. The fourth-order valence-corrected chi connectivity index (χ4v) is 4.26. The Bertz CT molecular complexity index is 364. The van der Waals surface area contributed by atoms with E-state index in [-0.39, 0.29) is 23.8 Å². The van der Waals surface area contributed by atoms with Crippen molar-refractivity contribution < 1.29 is 4.79 Å². The summed E-state index contributed by atoms with van der Waals surface area (Å²) in [6, 6.07) is 0.188. The maximum Gasteiger partial charge on any atom is 0.223 e. The number of thiocarbonyl (C=S) groups is 1. The first-order valence-electron chi connectivity index (χ1n) is 8.71. The number of carbonyl (C=O) groups excluding carboxylic acids is 1. The van der Waals surface area contributed by atoms with Crippen molar-refractivity contribution in [3.8, 4) is 0 Å². The Balaban J connectivity index is 1.76. The van der Waals surface area contributed by atoms with Crippen molar-refractivity contribution >= 4 is 23.1 Å². The molecule has 0 aromatic rings. The summed E-state index contributed by atoms with van der Waals surface area (Å²) >= 11 is 5.12. The largest absolute Gasteiger partial charge is 0.393 e. The average molecular weight is 311 g/mol. The zero-order chi connectivity index (χ0) is 15.2. The van der Waals surface area contributed by atoms with E-state index in [1.165, 1.54) is 32.1 Å². The van der Waals surface area contributed by atoms with E-state index >= 15 is 0 Å². The third kappa shape index (κ3) is 4.67. The number of rotatable bonds is 6. The average Bonchev–Trinajstić information content (AvgIpc) is 2.94. The van der Waals surface area contributed by atoms with Crippen LogP contribution in [0.2, 0.25) is 0 Å². The Kier molecular flexibility index (Phi) is 6.46. The fraction of sp³-hybridized carbons (Fsp3) is 0.882. The van der Waals surface area contributed by atoms with Gasteiger partial charge in [-0.3, -0.25) is 4.79 Å². The van der Waals surface area contributed by atoms with Crippen LogP contribution >= 0.6 is 12.2 Å². The number of nitrogens with two attached hydrogens (primary N) is 1. The Morgan fingerprint density at radius 3 is 2.52 bits per heavy atom. The molecule has 2 rings (SSSR count). The molecule has 4 heteroatoms. The minimum atomic E-state index is 0.188. The second-order valence-electron chi connectivity index (χ2n) is 6.91. The monoisotopic (exact) mass is 310 g/mol. The molecule has 0 spiro atoms. The zero-order valence-electron chi connectivity index (χ0n) is 13.3. The molecule has 2 aliphatic rings. The lowest BCUT2D eigenvalue weighted by atomic mass is 9.79. The minimum absolute atomic E-state index is 0.188. The van der Waals surface area contributed by atoms with Crippen molar-refractivity contribution in [2.45, 2.75) is 77.2 Å². The van der Waals surface area contributed by atoms with Crippen LogP contribution in [0, 0.1) is 17.8 Å². The Labute approximate surface area is 134 Å². The van der Waals surface area contributed by atoms with Gasteiger partial charge in [0, 0.05) is 17.9 Å². The van der Waals surface area contributed by atoms with Crippen LogP contribution in [0.5, 0.6) is 0 Å². The lowest BCUT2D eigenvalue weighted by Crippen LogP contribution is -2.44. The molecule has 0 radical (unpaired) electrons. The van der Waals surface area contributed by atoms with Gasteiger partial charge in [-0.15, -0.1) is 0 Å². The first kappa shape index (κ1) is 16.7. The highest BCUT2D eigenvalue weighted by Crippen LogP contribution is 2.33. The second kappa shape index (κ2) is 8.11. The van der Waals surface area contributed by atoms with Gasteiger partial charge in [-0.1, -0.05) is 44.8 Å². The van der Waals surface area contributed by atoms with Crippen LogP contribution in [0.1, 0.15) is 71.1 Å². The molecule has 2 aliphatic carbocycles. The van der Waals surface area contributed by atoms with Crippen molar-refractivity contribution in [1.82, 2.24) is 5.32 Å². The normalized spacial score (nSPS) is 32.8. The molecule has 120 valence electrons. The standard InChI is InChI=1S/C17H30N2OS/c1-2-3-5-12-8-10-13(11-9-12)17(20)19-15-7-4-6-14(15)16(18)21/h12-15H,2-11H2,1H3,(H2,18,21)(H,19,20). The van der Waals surface area contributed by atoms with Crippen molar-refractivity contribution in [3.63, 3.8) is 0 Å². The smallest absolute Gasteiger partial charge is 0.223 e. The van der Waals surface area contributed by atoms with Gasteiger partial charge in [0.1, 0.15) is 0 Å². The van der Waals surface area contributed by atoms with Gasteiger partial charge in [0.05, 0.1) is 4.99 Å². The van der Waals surface area contributed by atoms with E-state index in [1.807, 2.05) is 0 Å². The Morgan fingerprint density at radius 1 is 1.19 bits per heavy atom. The topological polar surface area (TPSA) is 55.1 Å². The van der Waals surface area contributed by atoms with Crippen molar-refractivity contribution in [2.75, 3.05) is 0 Å². The zero-order valence-corrected chi connectivity index (χ0v) is 14.1. The van der Waals surface area contributed by atoms with E-state index < -0.39 is 0 Å². The summed E-state index contributed by atoms with van der Waals surface area (Å²) in [6.45, 7) is 2.25. The van der Waals surface area contributed by atoms with Crippen molar-refractivity contribution in [3.05, 3.63) is 0 Å². The molecule has 0 aliphatic heterocycles. The van der Waals surface area contributed by atoms with Crippen LogP contribution in [0.3, 0.4) is 0 Å². The molecule has 2 saturated carbocycles. The summed E-state index contributed by atoms with van der Waals surface area (Å²) in [5.41, 5.74) is 5.79. The second-order valence-corrected chi connectivity index (χ2v) is 7.39. The van der Waals surface area contributed by atoms with Crippen LogP contribution in [0.25, 0.3) is 0 Å². The Morgan fingerprint density at radius 2 is 1.90 bits per heavy atom. The van der Waals surface area contributed by atoms with E-state index in [1.54, 1.807) is 0 Å². The number of nitrogens with one attached hydrogen (secondary N) is 1. The quantitative estimate of drug-likeness (QED) is 0.738. The maximum atomic E-state index is 12.4. The number of hydrogen-bond acceptors (Lipinski definition) is 2. The first-order chi connectivity index (χ1) is 10.1. The molecule has 2 atom stereocenters. The van der Waals surface area contributed by atoms with E-state index in [2.05, 4.69) is 12.2 Å². The summed E-state index contributed by atoms with van der Waals surface area (Å²) in [6.07, 6.45) is 11.7. The molecule has 21 heavy (non-hydrogen) atoms. The lowest BCUT2D eigenvalue weighted by Gasteiger charge is -2.29. The van der Waals surface area contributed by atoms with Gasteiger partial charge in [0.15, 0.2) is 0 Å². The van der Waals surface area contributed by atoms with Crippen LogP contribution in [-0.4, -0.2) is 16.9 Å². The van der Waals surface area contributed by atoms with Crippen LogP contribution in [0.15, 0.2) is 0 Å². The lowest BCUT2D eigenvalue weighted by molar-refractivity contribution is -0.127. The first-order valence-corrected chi connectivity index (χ1v) is 9.12. The van der Waals surface area contributed by atoms with Crippen LogP contribution < -0.4 is 11.1 Å². The van der Waals surface area contributed by atoms with Crippen molar-refractivity contribution in [2.24, 2.45) is 23.5 Å².